The minimum atomic E-state index is 0.311. The molecule has 2 rings (SSSR count). The summed E-state index contributed by atoms with van der Waals surface area (Å²) in [6.07, 6.45) is 2.07. The van der Waals surface area contributed by atoms with Gasteiger partial charge in [0.1, 0.15) is 0 Å². The predicted octanol–water partition coefficient (Wildman–Crippen LogP) is 4.81. The quantitative estimate of drug-likeness (QED) is 0.806. The van der Waals surface area contributed by atoms with Crippen LogP contribution in [0.4, 0.5) is 0 Å². The number of halogens is 1. The summed E-state index contributed by atoms with van der Waals surface area (Å²) in [5.41, 5.74) is 3.79. The Hall–Kier alpha value is -0.710. The van der Waals surface area contributed by atoms with Crippen LogP contribution in [0, 0.1) is 13.8 Å². The molecule has 4 heteroatoms. The highest BCUT2D eigenvalue weighted by Gasteiger charge is 2.16. The lowest BCUT2D eigenvalue weighted by molar-refractivity contribution is 0.523. The van der Waals surface area contributed by atoms with Crippen LogP contribution in [-0.4, -0.2) is 11.5 Å². The van der Waals surface area contributed by atoms with Crippen LogP contribution in [-0.2, 0) is 6.42 Å². The SMILES string of the molecule is CCCNC(Cc1csc(C)n1)c1cc(C)ccc1Br. The van der Waals surface area contributed by atoms with Crippen LogP contribution >= 0.6 is 27.3 Å². The highest BCUT2D eigenvalue weighted by molar-refractivity contribution is 9.10. The fraction of sp³-hybridized carbons (Fsp3) is 0.438. The van der Waals surface area contributed by atoms with E-state index < -0.39 is 0 Å². The van der Waals surface area contributed by atoms with Crippen molar-refractivity contribution in [2.45, 2.75) is 39.7 Å². The van der Waals surface area contributed by atoms with E-state index >= 15 is 0 Å². The largest absolute Gasteiger partial charge is 0.310 e. The molecule has 0 saturated carbocycles. The Labute approximate surface area is 133 Å². The second-order valence-corrected chi connectivity index (χ2v) is 7.01. The number of aryl methyl sites for hydroxylation is 2. The van der Waals surface area contributed by atoms with Crippen LogP contribution in [0.5, 0.6) is 0 Å². The third kappa shape index (κ3) is 4.14. The van der Waals surface area contributed by atoms with Gasteiger partial charge < -0.3 is 5.32 Å². The predicted molar refractivity (Wildman–Crippen MR) is 90.5 cm³/mol. The fourth-order valence-electron chi connectivity index (χ4n) is 2.25. The molecule has 0 bridgehead atoms. The van der Waals surface area contributed by atoms with Crippen LogP contribution in [0.1, 0.15) is 41.2 Å². The molecular weight excluding hydrogens is 332 g/mol. The summed E-state index contributed by atoms with van der Waals surface area (Å²) < 4.78 is 1.17. The molecular formula is C16H21BrN2S. The summed E-state index contributed by atoms with van der Waals surface area (Å²) in [4.78, 5) is 4.60. The van der Waals surface area contributed by atoms with Crippen molar-refractivity contribution < 1.29 is 0 Å². The smallest absolute Gasteiger partial charge is 0.0897 e. The maximum Gasteiger partial charge on any atom is 0.0897 e. The normalized spacial score (nSPS) is 12.6. The van der Waals surface area contributed by atoms with E-state index in [2.05, 4.69) is 70.6 Å². The number of nitrogens with zero attached hydrogens (tertiary/aromatic N) is 1. The number of thiazole rings is 1. The molecule has 0 spiro atoms. The average Bonchev–Trinajstić information content (AvgIpc) is 2.83. The highest BCUT2D eigenvalue weighted by atomic mass is 79.9. The zero-order chi connectivity index (χ0) is 14.5. The van der Waals surface area contributed by atoms with Crippen molar-refractivity contribution in [1.29, 1.82) is 0 Å². The van der Waals surface area contributed by atoms with E-state index in [1.54, 1.807) is 11.3 Å². The number of hydrogen-bond acceptors (Lipinski definition) is 3. The Morgan fingerprint density at radius 1 is 1.35 bits per heavy atom. The zero-order valence-corrected chi connectivity index (χ0v) is 14.6. The Morgan fingerprint density at radius 3 is 2.80 bits per heavy atom. The standard InChI is InChI=1S/C16H21BrN2S/c1-4-7-18-16(9-13-10-20-12(3)19-13)14-8-11(2)5-6-15(14)17/h5-6,8,10,16,18H,4,7,9H2,1-3H3. The molecule has 1 heterocycles. The number of hydrogen-bond donors (Lipinski definition) is 1. The molecule has 2 nitrogen and oxygen atoms in total. The monoisotopic (exact) mass is 352 g/mol. The van der Waals surface area contributed by atoms with E-state index in [0.29, 0.717) is 6.04 Å². The lowest BCUT2D eigenvalue weighted by Crippen LogP contribution is -2.24. The molecule has 20 heavy (non-hydrogen) atoms. The van der Waals surface area contributed by atoms with E-state index in [-0.39, 0.29) is 0 Å². The Kier molecular flexibility index (Phi) is 5.75. The van der Waals surface area contributed by atoms with Gasteiger partial charge in [-0.2, -0.15) is 0 Å². The first-order chi connectivity index (χ1) is 9.60. The maximum atomic E-state index is 4.60. The summed E-state index contributed by atoms with van der Waals surface area (Å²) >= 11 is 5.41. The summed E-state index contributed by atoms with van der Waals surface area (Å²) in [6, 6.07) is 6.84. The van der Waals surface area contributed by atoms with Gasteiger partial charge >= 0.3 is 0 Å². The summed E-state index contributed by atoms with van der Waals surface area (Å²) in [7, 11) is 0. The summed E-state index contributed by atoms with van der Waals surface area (Å²) in [5.74, 6) is 0. The van der Waals surface area contributed by atoms with E-state index in [0.717, 1.165) is 24.4 Å². The summed E-state index contributed by atoms with van der Waals surface area (Å²) in [6.45, 7) is 7.42. The number of nitrogens with one attached hydrogen (secondary N) is 1. The van der Waals surface area contributed by atoms with Gasteiger partial charge in [-0.1, -0.05) is 40.5 Å². The molecule has 1 atom stereocenters. The van der Waals surface area contributed by atoms with E-state index in [1.165, 1.54) is 21.3 Å². The van der Waals surface area contributed by atoms with Crippen molar-refractivity contribution in [1.82, 2.24) is 10.3 Å². The molecule has 0 aliphatic rings. The number of aromatic nitrogens is 1. The molecule has 2 aromatic rings. The van der Waals surface area contributed by atoms with E-state index in [4.69, 9.17) is 0 Å². The molecule has 1 aromatic carbocycles. The van der Waals surface area contributed by atoms with E-state index in [9.17, 15) is 0 Å². The van der Waals surface area contributed by atoms with Gasteiger partial charge in [0.2, 0.25) is 0 Å². The molecule has 108 valence electrons. The van der Waals surface area contributed by atoms with Crippen LogP contribution in [0.25, 0.3) is 0 Å². The van der Waals surface area contributed by atoms with Gasteiger partial charge in [0, 0.05) is 22.3 Å². The average molecular weight is 353 g/mol. The number of rotatable bonds is 6. The molecule has 0 fully saturated rings. The van der Waals surface area contributed by atoms with Crippen molar-refractivity contribution in [3.63, 3.8) is 0 Å². The molecule has 0 aliphatic heterocycles. The molecule has 1 unspecified atom stereocenters. The second-order valence-electron chi connectivity index (χ2n) is 5.09. The molecule has 0 saturated heterocycles. The first-order valence-electron chi connectivity index (χ1n) is 7.00. The van der Waals surface area contributed by atoms with Crippen molar-refractivity contribution in [3.05, 3.63) is 49.9 Å². The molecule has 0 amide bonds. The van der Waals surface area contributed by atoms with Gasteiger partial charge in [0.15, 0.2) is 0 Å². The van der Waals surface area contributed by atoms with Gasteiger partial charge in [0.25, 0.3) is 0 Å². The Morgan fingerprint density at radius 2 is 2.15 bits per heavy atom. The van der Waals surface area contributed by atoms with Crippen molar-refractivity contribution in [2.24, 2.45) is 0 Å². The lowest BCUT2D eigenvalue weighted by atomic mass is 10.0. The van der Waals surface area contributed by atoms with Gasteiger partial charge in [0.05, 0.1) is 10.7 Å². The highest BCUT2D eigenvalue weighted by Crippen LogP contribution is 2.27. The minimum absolute atomic E-state index is 0.311. The van der Waals surface area contributed by atoms with Gasteiger partial charge in [-0.05, 0) is 38.4 Å². The minimum Gasteiger partial charge on any atom is -0.310 e. The Balaban J connectivity index is 2.24. The molecule has 1 N–H and O–H groups in total. The van der Waals surface area contributed by atoms with Crippen molar-refractivity contribution in [2.75, 3.05) is 6.54 Å². The lowest BCUT2D eigenvalue weighted by Gasteiger charge is -2.20. The molecule has 0 aliphatic carbocycles. The number of benzene rings is 1. The topological polar surface area (TPSA) is 24.9 Å². The third-order valence-electron chi connectivity index (χ3n) is 3.25. The van der Waals surface area contributed by atoms with E-state index in [1.807, 2.05) is 0 Å². The first-order valence-corrected chi connectivity index (χ1v) is 8.68. The fourth-order valence-corrected chi connectivity index (χ4v) is 3.40. The van der Waals surface area contributed by atoms with Crippen LogP contribution in [0.3, 0.4) is 0 Å². The van der Waals surface area contributed by atoms with Crippen LogP contribution in [0.15, 0.2) is 28.1 Å². The first kappa shape index (κ1) is 15.7. The van der Waals surface area contributed by atoms with Gasteiger partial charge in [-0.25, -0.2) is 4.98 Å². The molecule has 1 aromatic heterocycles. The van der Waals surface area contributed by atoms with Gasteiger partial charge in [-0.15, -0.1) is 11.3 Å². The third-order valence-corrected chi connectivity index (χ3v) is 4.79. The summed E-state index contributed by atoms with van der Waals surface area (Å²) in [5, 5.41) is 6.95. The van der Waals surface area contributed by atoms with Crippen molar-refractivity contribution in [3.8, 4) is 0 Å². The molecule has 0 radical (unpaired) electrons. The van der Waals surface area contributed by atoms with Crippen LogP contribution < -0.4 is 5.32 Å². The zero-order valence-electron chi connectivity index (χ0n) is 12.2. The maximum absolute atomic E-state index is 4.60. The van der Waals surface area contributed by atoms with Crippen molar-refractivity contribution >= 4 is 27.3 Å². The Bertz CT molecular complexity index is 565. The second kappa shape index (κ2) is 7.34. The van der Waals surface area contributed by atoms with Crippen LogP contribution in [0.2, 0.25) is 0 Å². The van der Waals surface area contributed by atoms with Gasteiger partial charge in [-0.3, -0.25) is 0 Å².